The third kappa shape index (κ3) is 4.17. The molecular formula is C20H32N4O2. The van der Waals surface area contributed by atoms with E-state index in [0.717, 1.165) is 62.2 Å². The standard InChI is InChI=1S/C20H32N4O2/c1-14-20(16(3)25)15(2)24(22-14)13-8-19(26)23-11-6-18(7-12-23)17-4-9-21-10-5-17/h17-18,21H,4-13H2,1-3H3. The van der Waals surface area contributed by atoms with Crippen LogP contribution in [0.15, 0.2) is 0 Å². The fourth-order valence-corrected chi connectivity index (χ4v) is 4.72. The summed E-state index contributed by atoms with van der Waals surface area (Å²) in [6.45, 7) is 9.96. The largest absolute Gasteiger partial charge is 0.343 e. The molecule has 1 aromatic rings. The first-order valence-electron chi connectivity index (χ1n) is 10.0. The molecule has 1 N–H and O–H groups in total. The quantitative estimate of drug-likeness (QED) is 0.819. The Kier molecular flexibility index (Phi) is 6.12. The van der Waals surface area contributed by atoms with E-state index in [1.807, 2.05) is 23.4 Å². The number of piperidine rings is 2. The molecule has 144 valence electrons. The number of nitrogens with zero attached hydrogens (tertiary/aromatic N) is 3. The summed E-state index contributed by atoms with van der Waals surface area (Å²) in [5.74, 6) is 1.88. The van der Waals surface area contributed by atoms with Crippen molar-refractivity contribution in [2.45, 2.75) is 59.4 Å². The van der Waals surface area contributed by atoms with Crippen LogP contribution >= 0.6 is 0 Å². The lowest BCUT2D eigenvalue weighted by atomic mass is 9.79. The number of rotatable bonds is 5. The van der Waals surface area contributed by atoms with Gasteiger partial charge in [-0.3, -0.25) is 14.3 Å². The molecule has 0 unspecified atom stereocenters. The molecule has 0 saturated carbocycles. The predicted molar refractivity (Wildman–Crippen MR) is 101 cm³/mol. The number of carbonyl (C=O) groups excluding carboxylic acids is 2. The predicted octanol–water partition coefficient (Wildman–Crippen LogP) is 2.33. The van der Waals surface area contributed by atoms with Gasteiger partial charge in [0.15, 0.2) is 5.78 Å². The highest BCUT2D eigenvalue weighted by Crippen LogP contribution is 2.30. The van der Waals surface area contributed by atoms with Crippen LogP contribution < -0.4 is 5.32 Å². The van der Waals surface area contributed by atoms with Crippen molar-refractivity contribution in [3.63, 3.8) is 0 Å². The Morgan fingerprint density at radius 3 is 2.27 bits per heavy atom. The molecule has 6 heteroatoms. The Morgan fingerprint density at radius 1 is 1.08 bits per heavy atom. The maximum atomic E-state index is 12.6. The average Bonchev–Trinajstić information content (AvgIpc) is 2.94. The van der Waals surface area contributed by atoms with Gasteiger partial charge in [-0.1, -0.05) is 0 Å². The van der Waals surface area contributed by atoms with Crippen molar-refractivity contribution in [1.29, 1.82) is 0 Å². The summed E-state index contributed by atoms with van der Waals surface area (Å²) in [5, 5.41) is 7.88. The molecule has 2 aliphatic heterocycles. The minimum Gasteiger partial charge on any atom is -0.343 e. The molecule has 0 aromatic carbocycles. The van der Waals surface area contributed by atoms with Crippen molar-refractivity contribution in [2.75, 3.05) is 26.2 Å². The zero-order valence-corrected chi connectivity index (χ0v) is 16.4. The highest BCUT2D eigenvalue weighted by atomic mass is 16.2. The summed E-state index contributed by atoms with van der Waals surface area (Å²) in [7, 11) is 0. The molecule has 0 atom stereocenters. The highest BCUT2D eigenvalue weighted by Gasteiger charge is 2.29. The van der Waals surface area contributed by atoms with Gasteiger partial charge in [0.05, 0.1) is 11.3 Å². The molecule has 1 aromatic heterocycles. The second-order valence-corrected chi connectivity index (χ2v) is 7.88. The van der Waals surface area contributed by atoms with Crippen LogP contribution in [0.5, 0.6) is 0 Å². The SMILES string of the molecule is CC(=O)c1c(C)nn(CCC(=O)N2CCC(C3CCNCC3)CC2)c1C. The topological polar surface area (TPSA) is 67.2 Å². The Morgan fingerprint density at radius 2 is 1.69 bits per heavy atom. The van der Waals surface area contributed by atoms with Gasteiger partial charge in [0, 0.05) is 31.7 Å². The van der Waals surface area contributed by atoms with E-state index < -0.39 is 0 Å². The average molecular weight is 361 g/mol. The summed E-state index contributed by atoms with van der Waals surface area (Å²) in [4.78, 5) is 26.3. The van der Waals surface area contributed by atoms with E-state index in [0.29, 0.717) is 18.5 Å². The van der Waals surface area contributed by atoms with E-state index >= 15 is 0 Å². The molecule has 0 bridgehead atoms. The molecule has 6 nitrogen and oxygen atoms in total. The lowest BCUT2D eigenvalue weighted by Crippen LogP contribution is -2.42. The van der Waals surface area contributed by atoms with E-state index in [-0.39, 0.29) is 11.7 Å². The summed E-state index contributed by atoms with van der Waals surface area (Å²) in [6.07, 6.45) is 5.32. The number of aryl methyl sites for hydroxylation is 2. The Labute approximate surface area is 156 Å². The van der Waals surface area contributed by atoms with Gasteiger partial charge in [-0.05, 0) is 71.4 Å². The number of hydrogen-bond acceptors (Lipinski definition) is 4. The smallest absolute Gasteiger partial charge is 0.224 e. The van der Waals surface area contributed by atoms with E-state index in [9.17, 15) is 9.59 Å². The maximum Gasteiger partial charge on any atom is 0.224 e. The third-order valence-corrected chi connectivity index (χ3v) is 6.21. The van der Waals surface area contributed by atoms with Gasteiger partial charge < -0.3 is 10.2 Å². The van der Waals surface area contributed by atoms with Crippen molar-refractivity contribution < 1.29 is 9.59 Å². The van der Waals surface area contributed by atoms with Crippen LogP contribution in [0.25, 0.3) is 0 Å². The first-order valence-corrected chi connectivity index (χ1v) is 10.0. The van der Waals surface area contributed by atoms with E-state index in [1.165, 1.54) is 12.8 Å². The number of nitrogens with one attached hydrogen (secondary N) is 1. The van der Waals surface area contributed by atoms with Crippen molar-refractivity contribution in [3.8, 4) is 0 Å². The van der Waals surface area contributed by atoms with Gasteiger partial charge >= 0.3 is 0 Å². The Hall–Kier alpha value is -1.69. The van der Waals surface area contributed by atoms with Crippen molar-refractivity contribution in [2.24, 2.45) is 11.8 Å². The van der Waals surface area contributed by atoms with Crippen LogP contribution in [0.3, 0.4) is 0 Å². The molecule has 1 amide bonds. The molecule has 2 saturated heterocycles. The van der Waals surface area contributed by atoms with Gasteiger partial charge in [-0.25, -0.2) is 0 Å². The first-order chi connectivity index (χ1) is 12.5. The van der Waals surface area contributed by atoms with Gasteiger partial charge in [0.2, 0.25) is 5.91 Å². The number of ketones is 1. The zero-order chi connectivity index (χ0) is 18.7. The fraction of sp³-hybridized carbons (Fsp3) is 0.750. The molecule has 3 rings (SSSR count). The monoisotopic (exact) mass is 360 g/mol. The summed E-state index contributed by atoms with van der Waals surface area (Å²) in [6, 6.07) is 0. The molecule has 3 heterocycles. The van der Waals surface area contributed by atoms with Crippen LogP contribution in [-0.2, 0) is 11.3 Å². The summed E-state index contributed by atoms with van der Waals surface area (Å²) >= 11 is 0. The van der Waals surface area contributed by atoms with Crippen LogP contribution in [0.1, 0.15) is 60.8 Å². The summed E-state index contributed by atoms with van der Waals surface area (Å²) < 4.78 is 1.81. The zero-order valence-electron chi connectivity index (χ0n) is 16.4. The highest BCUT2D eigenvalue weighted by molar-refractivity contribution is 5.96. The lowest BCUT2D eigenvalue weighted by Gasteiger charge is -2.37. The first kappa shape index (κ1) is 19.1. The van der Waals surface area contributed by atoms with Gasteiger partial charge in [-0.2, -0.15) is 5.10 Å². The molecule has 26 heavy (non-hydrogen) atoms. The Bertz CT molecular complexity index is 653. The van der Waals surface area contributed by atoms with Crippen molar-refractivity contribution in [1.82, 2.24) is 20.0 Å². The second kappa shape index (κ2) is 8.33. The van der Waals surface area contributed by atoms with Gasteiger partial charge in [0.25, 0.3) is 0 Å². The van der Waals surface area contributed by atoms with E-state index in [1.54, 1.807) is 6.92 Å². The van der Waals surface area contributed by atoms with Crippen molar-refractivity contribution >= 4 is 11.7 Å². The molecule has 2 fully saturated rings. The summed E-state index contributed by atoms with van der Waals surface area (Å²) in [5.41, 5.74) is 2.32. The molecule has 0 radical (unpaired) electrons. The van der Waals surface area contributed by atoms with Crippen LogP contribution in [0.4, 0.5) is 0 Å². The third-order valence-electron chi connectivity index (χ3n) is 6.21. The number of likely N-dealkylation sites (tertiary alicyclic amines) is 1. The van der Waals surface area contributed by atoms with Crippen LogP contribution in [0.2, 0.25) is 0 Å². The Balaban J connectivity index is 1.49. The maximum absolute atomic E-state index is 12.6. The molecule has 0 aliphatic carbocycles. The number of hydrogen-bond donors (Lipinski definition) is 1. The van der Waals surface area contributed by atoms with Crippen LogP contribution in [0, 0.1) is 25.7 Å². The van der Waals surface area contributed by atoms with Gasteiger partial charge in [0.1, 0.15) is 0 Å². The van der Waals surface area contributed by atoms with E-state index in [2.05, 4.69) is 10.4 Å². The second-order valence-electron chi connectivity index (χ2n) is 7.88. The van der Waals surface area contributed by atoms with Crippen molar-refractivity contribution in [3.05, 3.63) is 17.0 Å². The lowest BCUT2D eigenvalue weighted by molar-refractivity contribution is -0.133. The van der Waals surface area contributed by atoms with Gasteiger partial charge in [-0.15, -0.1) is 0 Å². The minimum absolute atomic E-state index is 0.0394. The molecule has 2 aliphatic rings. The number of aromatic nitrogens is 2. The van der Waals surface area contributed by atoms with Crippen LogP contribution in [-0.4, -0.2) is 52.5 Å². The minimum atomic E-state index is 0.0394. The fourth-order valence-electron chi connectivity index (χ4n) is 4.72. The number of Topliss-reactive ketones (excluding diaryl/α,β-unsaturated/α-hetero) is 1. The van der Waals surface area contributed by atoms with E-state index in [4.69, 9.17) is 0 Å². The normalized spacial score (nSPS) is 19.7. The number of amides is 1. The molecular weight excluding hydrogens is 328 g/mol. The number of carbonyl (C=O) groups is 2. The molecule has 0 spiro atoms.